The van der Waals surface area contributed by atoms with Crippen molar-refractivity contribution >= 4 is 55.1 Å². The molecule has 0 bridgehead atoms. The van der Waals surface area contributed by atoms with Crippen LogP contribution in [0.5, 0.6) is 0 Å². The van der Waals surface area contributed by atoms with Crippen LogP contribution in [0.15, 0.2) is 88.2 Å². The van der Waals surface area contributed by atoms with Gasteiger partial charge in [0.15, 0.2) is 0 Å². The molecule has 0 saturated carbocycles. The Hall–Kier alpha value is -2.88. The molecule has 2 amide bonds. The molecule has 0 spiro atoms. The van der Waals surface area contributed by atoms with Crippen LogP contribution in [0.2, 0.25) is 5.02 Å². The molecule has 0 aromatic heterocycles. The Morgan fingerprint density at radius 1 is 1.00 bits per heavy atom. The Morgan fingerprint density at radius 2 is 1.69 bits per heavy atom. The zero-order chi connectivity index (χ0) is 26.3. The topological polar surface area (TPSA) is 86.8 Å². The number of nitrogens with zero attached hydrogens (tertiary/aromatic N) is 2. The number of hydrogen-bond acceptors (Lipinski definition) is 4. The second-order valence-corrected chi connectivity index (χ2v) is 11.2. The molecule has 0 aliphatic rings. The van der Waals surface area contributed by atoms with Crippen molar-refractivity contribution in [3.63, 3.8) is 0 Å². The first-order chi connectivity index (χ1) is 17.1. The number of anilines is 1. The molecule has 7 nitrogen and oxygen atoms in total. The molecule has 36 heavy (non-hydrogen) atoms. The van der Waals surface area contributed by atoms with Crippen molar-refractivity contribution in [3.8, 4) is 0 Å². The molecule has 190 valence electrons. The molecule has 1 N–H and O–H groups in total. The van der Waals surface area contributed by atoms with Crippen LogP contribution in [0.4, 0.5) is 5.69 Å². The van der Waals surface area contributed by atoms with Crippen molar-refractivity contribution in [1.82, 2.24) is 10.2 Å². The van der Waals surface area contributed by atoms with Crippen LogP contribution in [0.1, 0.15) is 19.4 Å². The van der Waals surface area contributed by atoms with Crippen LogP contribution in [0.25, 0.3) is 0 Å². The van der Waals surface area contributed by atoms with E-state index in [0.717, 1.165) is 14.3 Å². The molecule has 0 unspecified atom stereocenters. The molecule has 0 fully saturated rings. The third-order valence-electron chi connectivity index (χ3n) is 5.47. The molecule has 0 saturated heterocycles. The van der Waals surface area contributed by atoms with E-state index >= 15 is 0 Å². The summed E-state index contributed by atoms with van der Waals surface area (Å²) < 4.78 is 29.1. The Kier molecular flexibility index (Phi) is 9.53. The lowest BCUT2D eigenvalue weighted by Gasteiger charge is -2.32. The van der Waals surface area contributed by atoms with Crippen LogP contribution in [0.3, 0.4) is 0 Å². The van der Waals surface area contributed by atoms with E-state index in [1.54, 1.807) is 50.2 Å². The van der Waals surface area contributed by atoms with Crippen LogP contribution in [0, 0.1) is 0 Å². The summed E-state index contributed by atoms with van der Waals surface area (Å²) >= 11 is 9.59. The summed E-state index contributed by atoms with van der Waals surface area (Å²) in [4.78, 5) is 27.8. The fourth-order valence-corrected chi connectivity index (χ4v) is 5.67. The van der Waals surface area contributed by atoms with Crippen molar-refractivity contribution in [2.24, 2.45) is 0 Å². The summed E-state index contributed by atoms with van der Waals surface area (Å²) in [6.07, 6.45) is 0. The third-order valence-corrected chi connectivity index (χ3v) is 7.98. The first-order valence-electron chi connectivity index (χ1n) is 11.3. The Labute approximate surface area is 225 Å². The third kappa shape index (κ3) is 6.87. The summed E-state index contributed by atoms with van der Waals surface area (Å²) in [5.74, 6) is -0.866. The van der Waals surface area contributed by atoms with Crippen molar-refractivity contribution < 1.29 is 18.0 Å². The van der Waals surface area contributed by atoms with Crippen molar-refractivity contribution in [2.75, 3.05) is 17.4 Å². The fourth-order valence-electron chi connectivity index (χ4n) is 3.62. The number of carbonyl (C=O) groups is 2. The number of likely N-dealkylation sites (N-methyl/N-ethyl adjacent to an activating group) is 1. The van der Waals surface area contributed by atoms with Gasteiger partial charge in [-0.2, -0.15) is 0 Å². The highest BCUT2D eigenvalue weighted by atomic mass is 79.9. The normalized spacial score (nSPS) is 12.0. The minimum Gasteiger partial charge on any atom is -0.355 e. The number of hydrogen-bond donors (Lipinski definition) is 1. The van der Waals surface area contributed by atoms with E-state index in [1.165, 1.54) is 23.1 Å². The molecule has 10 heteroatoms. The molecule has 3 rings (SSSR count). The first kappa shape index (κ1) is 27.7. The van der Waals surface area contributed by atoms with Gasteiger partial charge in [-0.15, -0.1) is 0 Å². The van der Waals surface area contributed by atoms with Crippen LogP contribution in [-0.4, -0.2) is 44.3 Å². The number of halogens is 2. The Bertz CT molecular complexity index is 1320. The molecular formula is C26H27BrClN3O4S. The SMILES string of the molecule is CCNC(=O)[C@H](C)N(Cc1cccc(Br)c1)C(=O)CN(c1cccc(Cl)c1)S(=O)(=O)c1ccccc1. The highest BCUT2D eigenvalue weighted by molar-refractivity contribution is 9.10. The molecule has 0 aliphatic heterocycles. The van der Waals surface area contributed by atoms with Crippen molar-refractivity contribution in [1.29, 1.82) is 0 Å². The number of sulfonamides is 1. The average Bonchev–Trinajstić information content (AvgIpc) is 2.86. The summed E-state index contributed by atoms with van der Waals surface area (Å²) in [5, 5.41) is 3.06. The Morgan fingerprint density at radius 3 is 2.33 bits per heavy atom. The largest absolute Gasteiger partial charge is 0.355 e. The van der Waals surface area contributed by atoms with Gasteiger partial charge in [0.25, 0.3) is 10.0 Å². The number of rotatable bonds is 10. The molecule has 0 heterocycles. The molecule has 3 aromatic rings. The highest BCUT2D eigenvalue weighted by Crippen LogP contribution is 2.27. The van der Waals surface area contributed by atoms with E-state index in [-0.39, 0.29) is 23.0 Å². The molecular weight excluding hydrogens is 566 g/mol. The standard InChI is InChI=1S/C26H27BrClN3O4S/c1-3-29-26(33)19(2)30(17-20-9-7-10-21(27)15-20)25(32)18-31(23-12-8-11-22(28)16-23)36(34,35)24-13-5-4-6-14-24/h4-16,19H,3,17-18H2,1-2H3,(H,29,33)/t19-/m0/s1. The highest BCUT2D eigenvalue weighted by Gasteiger charge is 2.32. The zero-order valence-electron chi connectivity index (χ0n) is 19.9. The lowest BCUT2D eigenvalue weighted by Crippen LogP contribution is -2.51. The van der Waals surface area contributed by atoms with Gasteiger partial charge < -0.3 is 10.2 Å². The van der Waals surface area contributed by atoms with Gasteiger partial charge in [0.05, 0.1) is 10.6 Å². The van der Waals surface area contributed by atoms with E-state index in [1.807, 2.05) is 24.3 Å². The molecule has 0 radical (unpaired) electrons. The van der Waals surface area contributed by atoms with Crippen molar-refractivity contribution in [2.45, 2.75) is 31.3 Å². The van der Waals surface area contributed by atoms with Gasteiger partial charge >= 0.3 is 0 Å². The monoisotopic (exact) mass is 591 g/mol. The van der Waals surface area contributed by atoms with E-state index < -0.39 is 28.5 Å². The lowest BCUT2D eigenvalue weighted by atomic mass is 10.1. The summed E-state index contributed by atoms with van der Waals surface area (Å²) in [6.45, 7) is 3.41. The van der Waals surface area contributed by atoms with Crippen LogP contribution >= 0.6 is 27.5 Å². The lowest BCUT2D eigenvalue weighted by molar-refractivity contribution is -0.139. The summed E-state index contributed by atoms with van der Waals surface area (Å²) in [7, 11) is -4.12. The predicted molar refractivity (Wildman–Crippen MR) is 145 cm³/mol. The fraction of sp³-hybridized carbons (Fsp3) is 0.231. The van der Waals surface area contributed by atoms with Crippen LogP contribution < -0.4 is 9.62 Å². The number of carbonyl (C=O) groups excluding carboxylic acids is 2. The zero-order valence-corrected chi connectivity index (χ0v) is 23.1. The minimum absolute atomic E-state index is 0.0353. The first-order valence-corrected chi connectivity index (χ1v) is 13.9. The smallest absolute Gasteiger partial charge is 0.264 e. The van der Waals surface area contributed by atoms with E-state index in [2.05, 4.69) is 21.2 Å². The maximum Gasteiger partial charge on any atom is 0.264 e. The number of amides is 2. The minimum atomic E-state index is -4.12. The second-order valence-electron chi connectivity index (χ2n) is 8.03. The van der Waals surface area contributed by atoms with Gasteiger partial charge in [0.1, 0.15) is 12.6 Å². The molecule has 1 atom stereocenters. The predicted octanol–water partition coefficient (Wildman–Crippen LogP) is 4.85. The average molecular weight is 593 g/mol. The Balaban J connectivity index is 2.02. The summed E-state index contributed by atoms with van der Waals surface area (Å²) in [5.41, 5.74) is 1.03. The maximum atomic E-state index is 13.7. The van der Waals surface area contributed by atoms with E-state index in [0.29, 0.717) is 11.6 Å². The summed E-state index contributed by atoms with van der Waals surface area (Å²) in [6, 6.07) is 20.7. The van der Waals surface area contributed by atoms with Crippen molar-refractivity contribution in [3.05, 3.63) is 93.9 Å². The van der Waals surface area contributed by atoms with Gasteiger partial charge in [-0.1, -0.05) is 63.9 Å². The van der Waals surface area contributed by atoms with Crippen LogP contribution in [-0.2, 0) is 26.2 Å². The van der Waals surface area contributed by atoms with E-state index in [9.17, 15) is 18.0 Å². The van der Waals surface area contributed by atoms with E-state index in [4.69, 9.17) is 11.6 Å². The maximum absolute atomic E-state index is 13.7. The van der Waals surface area contributed by atoms with Gasteiger partial charge in [-0.05, 0) is 61.9 Å². The quantitative estimate of drug-likeness (QED) is 0.365. The van der Waals surface area contributed by atoms with Gasteiger partial charge in [0.2, 0.25) is 11.8 Å². The number of nitrogens with one attached hydrogen (secondary N) is 1. The second kappa shape index (κ2) is 12.4. The molecule has 3 aromatic carbocycles. The van der Waals surface area contributed by atoms with Gasteiger partial charge in [-0.25, -0.2) is 8.42 Å². The molecule has 0 aliphatic carbocycles. The van der Waals surface area contributed by atoms with Gasteiger partial charge in [0, 0.05) is 22.6 Å². The van der Waals surface area contributed by atoms with Gasteiger partial charge in [-0.3, -0.25) is 13.9 Å². The number of benzene rings is 3.